The van der Waals surface area contributed by atoms with Crippen LogP contribution >= 0.6 is 0 Å². The first kappa shape index (κ1) is 19.7. The minimum absolute atomic E-state index is 0.0215. The highest BCUT2D eigenvalue weighted by atomic mass is 16.5. The molecule has 1 aromatic rings. The maximum Gasteiger partial charge on any atom is 0.310 e. The first-order chi connectivity index (χ1) is 13.0. The molecule has 148 valence electrons. The predicted molar refractivity (Wildman–Crippen MR) is 105 cm³/mol. The highest BCUT2D eigenvalue weighted by Gasteiger charge is 2.49. The summed E-state index contributed by atoms with van der Waals surface area (Å²) >= 11 is 0. The zero-order valence-corrected chi connectivity index (χ0v) is 16.9. The number of nitrogens with zero attached hydrogens (tertiary/aromatic N) is 1. The Balaban J connectivity index is 1.85. The van der Waals surface area contributed by atoms with E-state index in [1.54, 1.807) is 14.2 Å². The number of rotatable bonds is 7. The van der Waals surface area contributed by atoms with Gasteiger partial charge in [0.15, 0.2) is 11.5 Å². The zero-order chi connectivity index (χ0) is 19.4. The summed E-state index contributed by atoms with van der Waals surface area (Å²) in [4.78, 5) is 14.4. The SMILES string of the molecule is CCCCC(=O)OC1=CC[C@@]2(c3ccc(OC)c(OC)c3)CCN(C)[C@H]2C1. The molecule has 1 aliphatic carbocycles. The molecule has 0 amide bonds. The Labute approximate surface area is 162 Å². The number of ether oxygens (including phenoxy) is 3. The number of likely N-dealkylation sites (tertiary alicyclic amines) is 1. The van der Waals surface area contributed by atoms with Gasteiger partial charge in [-0.25, -0.2) is 0 Å². The van der Waals surface area contributed by atoms with Crippen LogP contribution < -0.4 is 9.47 Å². The lowest BCUT2D eigenvalue weighted by atomic mass is 9.68. The molecule has 0 radical (unpaired) electrons. The Morgan fingerprint density at radius 1 is 1.26 bits per heavy atom. The van der Waals surface area contributed by atoms with Crippen molar-refractivity contribution in [3.8, 4) is 11.5 Å². The van der Waals surface area contributed by atoms with E-state index in [1.807, 2.05) is 6.07 Å². The molecule has 0 bridgehead atoms. The molecule has 0 unspecified atom stereocenters. The standard InChI is InChI=1S/C22H31NO4/c1-5-6-7-21(24)27-17-10-11-22(12-13-23(2)20(22)15-17)16-8-9-18(25-3)19(14-16)26-4/h8-10,14,20H,5-7,11-13,15H2,1-4H3/t20-,22-/m0/s1. The monoisotopic (exact) mass is 373 g/mol. The van der Waals surface area contributed by atoms with Gasteiger partial charge in [-0.15, -0.1) is 0 Å². The molecule has 0 saturated carbocycles. The fourth-order valence-corrected chi connectivity index (χ4v) is 4.48. The molecular weight excluding hydrogens is 342 g/mol. The molecule has 0 aromatic heterocycles. The number of carbonyl (C=O) groups is 1. The number of allylic oxidation sites excluding steroid dienone is 1. The van der Waals surface area contributed by atoms with Crippen molar-refractivity contribution in [2.45, 2.75) is 56.9 Å². The van der Waals surface area contributed by atoms with Crippen LogP contribution in [0.2, 0.25) is 0 Å². The number of fused-ring (bicyclic) bond motifs is 1. The molecule has 3 rings (SSSR count). The number of hydrogen-bond donors (Lipinski definition) is 0. The number of esters is 1. The van der Waals surface area contributed by atoms with Crippen molar-refractivity contribution < 1.29 is 19.0 Å². The fourth-order valence-electron chi connectivity index (χ4n) is 4.48. The Kier molecular flexibility index (Phi) is 6.10. The predicted octanol–water partition coefficient (Wildman–Crippen LogP) is 4.06. The smallest absolute Gasteiger partial charge is 0.310 e. The molecule has 1 aliphatic heterocycles. The van der Waals surface area contributed by atoms with Gasteiger partial charge < -0.3 is 19.1 Å². The molecule has 5 nitrogen and oxygen atoms in total. The first-order valence-electron chi connectivity index (χ1n) is 9.86. The maximum atomic E-state index is 12.0. The fraction of sp³-hybridized carbons (Fsp3) is 0.591. The third kappa shape index (κ3) is 3.84. The van der Waals surface area contributed by atoms with E-state index in [9.17, 15) is 4.79 Å². The summed E-state index contributed by atoms with van der Waals surface area (Å²) in [6.07, 6.45) is 7.21. The average molecular weight is 373 g/mol. The van der Waals surface area contributed by atoms with Crippen molar-refractivity contribution in [3.63, 3.8) is 0 Å². The molecule has 1 heterocycles. The number of carbonyl (C=O) groups excluding carboxylic acids is 1. The van der Waals surface area contributed by atoms with Crippen molar-refractivity contribution in [1.29, 1.82) is 0 Å². The third-order valence-electron chi connectivity index (χ3n) is 6.11. The maximum absolute atomic E-state index is 12.0. The van der Waals surface area contributed by atoms with Crippen molar-refractivity contribution in [1.82, 2.24) is 4.90 Å². The van der Waals surface area contributed by atoms with Crippen LogP contribution in [0.5, 0.6) is 11.5 Å². The van der Waals surface area contributed by atoms with Gasteiger partial charge in [-0.05, 0) is 56.6 Å². The minimum Gasteiger partial charge on any atom is -0.493 e. The van der Waals surface area contributed by atoms with Gasteiger partial charge >= 0.3 is 5.97 Å². The van der Waals surface area contributed by atoms with E-state index in [0.717, 1.165) is 55.9 Å². The van der Waals surface area contributed by atoms with E-state index >= 15 is 0 Å². The number of methoxy groups -OCH3 is 2. The normalized spacial score (nSPS) is 24.9. The van der Waals surface area contributed by atoms with E-state index in [-0.39, 0.29) is 11.4 Å². The molecule has 1 fully saturated rings. The molecule has 27 heavy (non-hydrogen) atoms. The quantitative estimate of drug-likeness (QED) is 0.675. The van der Waals surface area contributed by atoms with Gasteiger partial charge in [0.25, 0.3) is 0 Å². The van der Waals surface area contributed by atoms with Crippen LogP contribution in [-0.2, 0) is 14.9 Å². The lowest BCUT2D eigenvalue weighted by molar-refractivity contribution is -0.140. The van der Waals surface area contributed by atoms with Crippen molar-refractivity contribution in [2.24, 2.45) is 0 Å². The van der Waals surface area contributed by atoms with Gasteiger partial charge in [-0.2, -0.15) is 0 Å². The average Bonchev–Trinajstić information content (AvgIpc) is 3.03. The first-order valence-corrected chi connectivity index (χ1v) is 9.86. The van der Waals surface area contributed by atoms with E-state index in [1.165, 1.54) is 5.56 Å². The number of likely N-dealkylation sites (N-methyl/N-ethyl adjacent to an activating group) is 1. The number of hydrogen-bond acceptors (Lipinski definition) is 5. The van der Waals surface area contributed by atoms with Crippen LogP contribution in [0.4, 0.5) is 0 Å². The van der Waals surface area contributed by atoms with Gasteiger partial charge in [0.05, 0.1) is 14.2 Å². The topological polar surface area (TPSA) is 48.0 Å². The molecule has 5 heteroatoms. The van der Waals surface area contributed by atoms with Crippen LogP contribution in [0.3, 0.4) is 0 Å². The van der Waals surface area contributed by atoms with Gasteiger partial charge in [-0.3, -0.25) is 4.79 Å². The van der Waals surface area contributed by atoms with Crippen LogP contribution in [0.1, 0.15) is 51.0 Å². The Bertz CT molecular complexity index is 714. The summed E-state index contributed by atoms with van der Waals surface area (Å²) in [5, 5.41) is 0. The molecule has 1 aromatic carbocycles. The number of unbranched alkanes of at least 4 members (excludes halogenated alkanes) is 1. The minimum atomic E-state index is -0.109. The second kappa shape index (κ2) is 8.34. The Hall–Kier alpha value is -2.01. The summed E-state index contributed by atoms with van der Waals surface area (Å²) < 4.78 is 16.6. The van der Waals surface area contributed by atoms with Crippen molar-refractivity contribution in [3.05, 3.63) is 35.6 Å². The van der Waals surface area contributed by atoms with Gasteiger partial charge in [0, 0.05) is 24.3 Å². The highest BCUT2D eigenvalue weighted by molar-refractivity contribution is 5.70. The van der Waals surface area contributed by atoms with Gasteiger partial charge in [0.1, 0.15) is 5.76 Å². The summed E-state index contributed by atoms with van der Waals surface area (Å²) in [5.74, 6) is 2.23. The van der Waals surface area contributed by atoms with Crippen LogP contribution in [0, 0.1) is 0 Å². The van der Waals surface area contributed by atoms with Crippen molar-refractivity contribution in [2.75, 3.05) is 27.8 Å². The lowest BCUT2D eigenvalue weighted by Gasteiger charge is -2.40. The Morgan fingerprint density at radius 2 is 2.04 bits per heavy atom. The van der Waals surface area contributed by atoms with Crippen LogP contribution in [0.15, 0.2) is 30.0 Å². The van der Waals surface area contributed by atoms with E-state index in [2.05, 4.69) is 37.1 Å². The molecule has 2 aliphatic rings. The summed E-state index contributed by atoms with van der Waals surface area (Å²) in [5.41, 5.74) is 1.29. The molecule has 0 N–H and O–H groups in total. The number of benzene rings is 1. The van der Waals surface area contributed by atoms with E-state index in [4.69, 9.17) is 14.2 Å². The highest BCUT2D eigenvalue weighted by Crippen LogP contribution is 2.49. The van der Waals surface area contributed by atoms with Crippen LogP contribution in [0.25, 0.3) is 0 Å². The largest absolute Gasteiger partial charge is 0.493 e. The van der Waals surface area contributed by atoms with E-state index in [0.29, 0.717) is 12.5 Å². The lowest BCUT2D eigenvalue weighted by Crippen LogP contribution is -2.43. The zero-order valence-electron chi connectivity index (χ0n) is 16.9. The molecule has 2 atom stereocenters. The second-order valence-electron chi connectivity index (χ2n) is 7.63. The second-order valence-corrected chi connectivity index (χ2v) is 7.63. The molecule has 1 saturated heterocycles. The van der Waals surface area contributed by atoms with Gasteiger partial charge in [0.2, 0.25) is 0 Å². The van der Waals surface area contributed by atoms with Crippen molar-refractivity contribution >= 4 is 5.97 Å². The van der Waals surface area contributed by atoms with E-state index < -0.39 is 0 Å². The summed E-state index contributed by atoms with van der Waals surface area (Å²) in [7, 11) is 5.49. The Morgan fingerprint density at radius 3 is 2.74 bits per heavy atom. The third-order valence-corrected chi connectivity index (χ3v) is 6.11. The van der Waals surface area contributed by atoms with Crippen LogP contribution in [-0.4, -0.2) is 44.7 Å². The summed E-state index contributed by atoms with van der Waals surface area (Å²) in [6, 6.07) is 6.56. The molecular formula is C22H31NO4. The van der Waals surface area contributed by atoms with Gasteiger partial charge in [-0.1, -0.05) is 19.4 Å². The summed E-state index contributed by atoms with van der Waals surface area (Å²) in [6.45, 7) is 3.11. The molecule has 0 spiro atoms.